The van der Waals surface area contributed by atoms with E-state index in [2.05, 4.69) is 58.8 Å². The Bertz CT molecular complexity index is 895. The van der Waals surface area contributed by atoms with Gasteiger partial charge in [0.15, 0.2) is 0 Å². The van der Waals surface area contributed by atoms with Crippen LogP contribution in [-0.4, -0.2) is 34.9 Å². The molecule has 0 bridgehead atoms. The molecule has 0 radical (unpaired) electrons. The largest absolute Gasteiger partial charge is 0.372 e. The van der Waals surface area contributed by atoms with E-state index in [1.165, 1.54) is 17.4 Å². The maximum Gasteiger partial charge on any atom is 0.267 e. The molecule has 1 heterocycles. The number of benzene rings is 2. The zero-order valence-corrected chi connectivity index (χ0v) is 19.6. The minimum Gasteiger partial charge on any atom is -0.372 e. The van der Waals surface area contributed by atoms with Gasteiger partial charge < -0.3 is 10.2 Å². The lowest BCUT2D eigenvalue weighted by Crippen LogP contribution is -2.33. The molecule has 3 rings (SSSR count). The molecule has 1 N–H and O–H groups in total. The molecule has 7 heteroatoms. The third-order valence-electron chi connectivity index (χ3n) is 4.49. The van der Waals surface area contributed by atoms with Crippen molar-refractivity contribution in [3.05, 3.63) is 62.6 Å². The van der Waals surface area contributed by atoms with Crippen molar-refractivity contribution < 1.29 is 4.79 Å². The molecule has 146 valence electrons. The summed E-state index contributed by atoms with van der Waals surface area (Å²) in [4.78, 5) is 17.4. The standard InChI is InChI=1S/C21H22IN3OS2/c1-3-24(4-2)16-11-9-15(10-12-16)13-19-20(26)25(21(27)28-19)14-23-18-8-6-5-7-17(18)22/h5-13,23H,3-4,14H2,1-2H3/b19-13+. The smallest absolute Gasteiger partial charge is 0.267 e. The molecule has 0 aliphatic carbocycles. The summed E-state index contributed by atoms with van der Waals surface area (Å²) in [6, 6.07) is 16.3. The second-order valence-corrected chi connectivity index (χ2v) is 9.03. The van der Waals surface area contributed by atoms with Crippen LogP contribution in [0.1, 0.15) is 19.4 Å². The first-order valence-electron chi connectivity index (χ1n) is 9.12. The normalized spacial score (nSPS) is 15.4. The number of hydrogen-bond acceptors (Lipinski definition) is 5. The van der Waals surface area contributed by atoms with Crippen LogP contribution in [0.2, 0.25) is 0 Å². The van der Waals surface area contributed by atoms with Gasteiger partial charge in [-0.2, -0.15) is 0 Å². The third-order valence-corrected chi connectivity index (χ3v) is 6.81. The second-order valence-electron chi connectivity index (χ2n) is 6.19. The Morgan fingerprint density at radius 1 is 1.14 bits per heavy atom. The summed E-state index contributed by atoms with van der Waals surface area (Å²) in [7, 11) is 0. The predicted molar refractivity (Wildman–Crippen MR) is 133 cm³/mol. The van der Waals surface area contributed by atoms with Gasteiger partial charge in [-0.15, -0.1) is 0 Å². The molecule has 2 aromatic rings. The fourth-order valence-electron chi connectivity index (χ4n) is 2.93. The van der Waals surface area contributed by atoms with Crippen molar-refractivity contribution in [3.8, 4) is 0 Å². The number of nitrogens with one attached hydrogen (secondary N) is 1. The first-order chi connectivity index (χ1) is 13.5. The number of anilines is 2. The van der Waals surface area contributed by atoms with Crippen LogP contribution in [0.4, 0.5) is 11.4 Å². The average molecular weight is 523 g/mol. The van der Waals surface area contributed by atoms with E-state index >= 15 is 0 Å². The molecule has 0 atom stereocenters. The molecule has 1 aliphatic rings. The van der Waals surface area contributed by atoms with Crippen molar-refractivity contribution in [3.63, 3.8) is 0 Å². The first-order valence-corrected chi connectivity index (χ1v) is 11.4. The Labute approximate surface area is 189 Å². The SMILES string of the molecule is CCN(CC)c1ccc(/C=C2/SC(=S)N(CNc3ccccc3I)C2=O)cc1. The van der Waals surface area contributed by atoms with E-state index in [9.17, 15) is 4.79 Å². The summed E-state index contributed by atoms with van der Waals surface area (Å²) in [5, 5.41) is 3.30. The van der Waals surface area contributed by atoms with Crippen molar-refractivity contribution in [2.45, 2.75) is 13.8 Å². The van der Waals surface area contributed by atoms with Gasteiger partial charge >= 0.3 is 0 Å². The summed E-state index contributed by atoms with van der Waals surface area (Å²) >= 11 is 9.05. The van der Waals surface area contributed by atoms with Gasteiger partial charge in [-0.3, -0.25) is 9.69 Å². The van der Waals surface area contributed by atoms with Gasteiger partial charge in [0.05, 0.1) is 11.6 Å². The minimum absolute atomic E-state index is 0.0544. The highest BCUT2D eigenvalue weighted by atomic mass is 127. The lowest BCUT2D eigenvalue weighted by Gasteiger charge is -2.20. The van der Waals surface area contributed by atoms with Crippen LogP contribution in [0.25, 0.3) is 6.08 Å². The second kappa shape index (κ2) is 9.76. The highest BCUT2D eigenvalue weighted by Crippen LogP contribution is 2.33. The molecular formula is C21H22IN3OS2. The van der Waals surface area contributed by atoms with E-state index in [-0.39, 0.29) is 5.91 Å². The number of amides is 1. The van der Waals surface area contributed by atoms with E-state index in [4.69, 9.17) is 12.2 Å². The van der Waals surface area contributed by atoms with Crippen molar-refractivity contribution >= 4 is 74.2 Å². The van der Waals surface area contributed by atoms with Crippen molar-refractivity contribution in [2.75, 3.05) is 30.0 Å². The Kier molecular flexibility index (Phi) is 7.36. The van der Waals surface area contributed by atoms with Crippen LogP contribution in [0.5, 0.6) is 0 Å². The van der Waals surface area contributed by atoms with Crippen LogP contribution in [-0.2, 0) is 4.79 Å². The quantitative estimate of drug-likeness (QED) is 0.299. The van der Waals surface area contributed by atoms with Gasteiger partial charge in [-0.25, -0.2) is 0 Å². The van der Waals surface area contributed by atoms with E-state index < -0.39 is 0 Å². The Balaban J connectivity index is 1.69. The van der Waals surface area contributed by atoms with Crippen LogP contribution in [0.15, 0.2) is 53.4 Å². The number of hydrogen-bond donors (Lipinski definition) is 1. The molecule has 0 aromatic heterocycles. The summed E-state index contributed by atoms with van der Waals surface area (Å²) in [6.45, 7) is 6.60. The lowest BCUT2D eigenvalue weighted by molar-refractivity contribution is -0.121. The zero-order valence-electron chi connectivity index (χ0n) is 15.8. The molecule has 1 aliphatic heterocycles. The Morgan fingerprint density at radius 2 is 1.82 bits per heavy atom. The summed E-state index contributed by atoms with van der Waals surface area (Å²) in [5.74, 6) is -0.0544. The molecule has 1 saturated heterocycles. The molecule has 1 fully saturated rings. The zero-order chi connectivity index (χ0) is 20.1. The average Bonchev–Trinajstić information content (AvgIpc) is 2.96. The van der Waals surface area contributed by atoms with Gasteiger partial charge in [0.1, 0.15) is 4.32 Å². The van der Waals surface area contributed by atoms with Crippen molar-refractivity contribution in [1.29, 1.82) is 0 Å². The van der Waals surface area contributed by atoms with E-state index in [1.54, 1.807) is 4.90 Å². The predicted octanol–water partition coefficient (Wildman–Crippen LogP) is 5.41. The number of thiocarbonyl (C=S) groups is 1. The highest BCUT2D eigenvalue weighted by Gasteiger charge is 2.31. The number of rotatable bonds is 7. The third kappa shape index (κ3) is 4.87. The number of nitrogens with zero attached hydrogens (tertiary/aromatic N) is 2. The van der Waals surface area contributed by atoms with Gasteiger partial charge in [0.2, 0.25) is 0 Å². The number of para-hydroxylation sites is 1. The number of thioether (sulfide) groups is 1. The van der Waals surface area contributed by atoms with Crippen LogP contribution < -0.4 is 10.2 Å². The minimum atomic E-state index is -0.0544. The van der Waals surface area contributed by atoms with Gasteiger partial charge in [-0.05, 0) is 72.3 Å². The molecule has 0 spiro atoms. The van der Waals surface area contributed by atoms with Gasteiger partial charge in [-0.1, -0.05) is 48.2 Å². The first kappa shape index (κ1) is 21.1. The molecule has 4 nitrogen and oxygen atoms in total. The molecule has 28 heavy (non-hydrogen) atoms. The van der Waals surface area contributed by atoms with Crippen molar-refractivity contribution in [2.24, 2.45) is 0 Å². The van der Waals surface area contributed by atoms with E-state index in [1.807, 2.05) is 42.5 Å². The van der Waals surface area contributed by atoms with Gasteiger partial charge in [0, 0.05) is 28.0 Å². The Morgan fingerprint density at radius 3 is 2.46 bits per heavy atom. The van der Waals surface area contributed by atoms with Crippen LogP contribution in [0.3, 0.4) is 0 Å². The fourth-order valence-corrected chi connectivity index (χ4v) is 4.76. The molecule has 0 saturated carbocycles. The van der Waals surface area contributed by atoms with Crippen molar-refractivity contribution in [1.82, 2.24) is 4.90 Å². The maximum absolute atomic E-state index is 12.8. The van der Waals surface area contributed by atoms with Crippen LogP contribution in [0, 0.1) is 3.57 Å². The van der Waals surface area contributed by atoms with E-state index in [0.29, 0.717) is 15.9 Å². The monoisotopic (exact) mass is 523 g/mol. The van der Waals surface area contributed by atoms with E-state index in [0.717, 1.165) is 27.9 Å². The molecular weight excluding hydrogens is 501 g/mol. The number of carbonyl (C=O) groups is 1. The molecule has 1 amide bonds. The Hall–Kier alpha value is -1.58. The number of halogens is 1. The maximum atomic E-state index is 12.8. The van der Waals surface area contributed by atoms with Crippen LogP contribution >= 0.6 is 46.6 Å². The van der Waals surface area contributed by atoms with Gasteiger partial charge in [0.25, 0.3) is 5.91 Å². The topological polar surface area (TPSA) is 35.6 Å². The summed E-state index contributed by atoms with van der Waals surface area (Å²) < 4.78 is 1.68. The molecule has 0 unspecified atom stereocenters. The molecule has 2 aromatic carbocycles. The highest BCUT2D eigenvalue weighted by molar-refractivity contribution is 14.1. The summed E-state index contributed by atoms with van der Waals surface area (Å²) in [5.41, 5.74) is 3.19. The lowest BCUT2D eigenvalue weighted by atomic mass is 10.1. The fraction of sp³-hybridized carbons (Fsp3) is 0.238. The number of carbonyl (C=O) groups excluding carboxylic acids is 1. The summed E-state index contributed by atoms with van der Waals surface area (Å²) in [6.07, 6.45) is 1.91.